The van der Waals surface area contributed by atoms with E-state index in [4.69, 9.17) is 0 Å². The van der Waals surface area contributed by atoms with E-state index in [1.807, 2.05) is 0 Å². The molecule has 1 fully saturated rings. The molecular formula is C22H27ClN2. The molecule has 2 aromatic carbocycles. The molecule has 4 rings (SSSR count). The van der Waals surface area contributed by atoms with Crippen molar-refractivity contribution in [3.8, 4) is 0 Å². The Labute approximate surface area is 156 Å². The largest absolute Gasteiger partial charge is 0.361 e. The van der Waals surface area contributed by atoms with Crippen LogP contribution in [0.3, 0.4) is 0 Å². The van der Waals surface area contributed by atoms with E-state index >= 15 is 0 Å². The lowest BCUT2D eigenvalue weighted by Gasteiger charge is -2.32. The van der Waals surface area contributed by atoms with Crippen molar-refractivity contribution in [2.45, 2.75) is 32.1 Å². The van der Waals surface area contributed by atoms with Gasteiger partial charge in [0.25, 0.3) is 0 Å². The van der Waals surface area contributed by atoms with Crippen molar-refractivity contribution in [3.63, 3.8) is 0 Å². The molecule has 3 aromatic rings. The maximum atomic E-state index is 3.44. The van der Waals surface area contributed by atoms with Gasteiger partial charge >= 0.3 is 0 Å². The lowest BCUT2D eigenvalue weighted by molar-refractivity contribution is 0.215. The molecule has 0 saturated carbocycles. The van der Waals surface area contributed by atoms with Crippen LogP contribution in [0.2, 0.25) is 0 Å². The number of aromatic amines is 1. The van der Waals surface area contributed by atoms with E-state index < -0.39 is 0 Å². The van der Waals surface area contributed by atoms with Gasteiger partial charge in [-0.05, 0) is 68.0 Å². The van der Waals surface area contributed by atoms with Crippen LogP contribution in [0.15, 0.2) is 54.7 Å². The predicted octanol–water partition coefficient (Wildman–Crippen LogP) is 5.32. The Bertz CT molecular complexity index is 816. The first kappa shape index (κ1) is 18.0. The van der Waals surface area contributed by atoms with Crippen molar-refractivity contribution < 1.29 is 0 Å². The van der Waals surface area contributed by atoms with Crippen LogP contribution in [0.1, 0.15) is 35.4 Å². The average molecular weight is 355 g/mol. The van der Waals surface area contributed by atoms with E-state index in [2.05, 4.69) is 71.5 Å². The molecule has 1 aliphatic rings. The van der Waals surface area contributed by atoms with Gasteiger partial charge in [0, 0.05) is 23.6 Å². The van der Waals surface area contributed by atoms with E-state index in [1.165, 1.54) is 66.5 Å². The molecule has 3 heteroatoms. The van der Waals surface area contributed by atoms with E-state index in [0.29, 0.717) is 5.92 Å². The van der Waals surface area contributed by atoms with Crippen LogP contribution in [0.5, 0.6) is 0 Å². The lowest BCUT2D eigenvalue weighted by atomic mass is 9.89. The Balaban J connectivity index is 0.00000182. The number of aromatic nitrogens is 1. The van der Waals surface area contributed by atoms with Crippen LogP contribution in [0.25, 0.3) is 10.9 Å². The SMILES string of the molecule is Cc1ccccc1CCN1CCC(c2c[nH]c3ccccc23)CC1.Cl. The van der Waals surface area contributed by atoms with Gasteiger partial charge in [-0.25, -0.2) is 0 Å². The second-order valence-electron chi connectivity index (χ2n) is 7.08. The molecule has 1 aliphatic heterocycles. The topological polar surface area (TPSA) is 19.0 Å². The Kier molecular flexibility index (Phi) is 5.82. The van der Waals surface area contributed by atoms with Gasteiger partial charge in [0.15, 0.2) is 0 Å². The highest BCUT2D eigenvalue weighted by Crippen LogP contribution is 2.33. The second kappa shape index (κ2) is 8.07. The smallest absolute Gasteiger partial charge is 0.0456 e. The number of H-pyrrole nitrogens is 1. The Hall–Kier alpha value is -1.77. The molecule has 0 unspecified atom stereocenters. The number of para-hydroxylation sites is 1. The quantitative estimate of drug-likeness (QED) is 0.671. The van der Waals surface area contributed by atoms with Crippen LogP contribution in [0, 0.1) is 6.92 Å². The minimum absolute atomic E-state index is 0. The van der Waals surface area contributed by atoms with Gasteiger partial charge in [-0.2, -0.15) is 0 Å². The summed E-state index contributed by atoms with van der Waals surface area (Å²) in [6.07, 6.45) is 5.95. The van der Waals surface area contributed by atoms with Gasteiger partial charge in [0.05, 0.1) is 0 Å². The zero-order valence-corrected chi connectivity index (χ0v) is 15.7. The number of rotatable bonds is 4. The van der Waals surface area contributed by atoms with E-state index in [9.17, 15) is 0 Å². The highest BCUT2D eigenvalue weighted by molar-refractivity contribution is 5.85. The Morgan fingerprint density at radius 3 is 2.52 bits per heavy atom. The summed E-state index contributed by atoms with van der Waals surface area (Å²) in [6, 6.07) is 17.5. The third-order valence-electron chi connectivity index (χ3n) is 5.61. The maximum Gasteiger partial charge on any atom is 0.0456 e. The molecule has 0 radical (unpaired) electrons. The Morgan fingerprint density at radius 2 is 1.72 bits per heavy atom. The number of hydrogen-bond donors (Lipinski definition) is 1. The van der Waals surface area contributed by atoms with Gasteiger partial charge in [0.2, 0.25) is 0 Å². The van der Waals surface area contributed by atoms with Crippen molar-refractivity contribution in [1.82, 2.24) is 9.88 Å². The monoisotopic (exact) mass is 354 g/mol. The zero-order chi connectivity index (χ0) is 16.4. The van der Waals surface area contributed by atoms with Gasteiger partial charge < -0.3 is 9.88 Å². The van der Waals surface area contributed by atoms with Gasteiger partial charge in [-0.15, -0.1) is 12.4 Å². The molecular weight excluding hydrogens is 328 g/mol. The predicted molar refractivity (Wildman–Crippen MR) is 109 cm³/mol. The fraction of sp³-hybridized carbons (Fsp3) is 0.364. The summed E-state index contributed by atoms with van der Waals surface area (Å²) >= 11 is 0. The summed E-state index contributed by atoms with van der Waals surface area (Å²) in [5, 5.41) is 1.41. The Morgan fingerprint density at radius 1 is 1.00 bits per heavy atom. The fourth-order valence-electron chi connectivity index (χ4n) is 4.07. The number of benzene rings is 2. The molecule has 0 bridgehead atoms. The molecule has 0 atom stereocenters. The second-order valence-corrected chi connectivity index (χ2v) is 7.08. The normalized spacial score (nSPS) is 16.0. The van der Waals surface area contributed by atoms with E-state index in [-0.39, 0.29) is 12.4 Å². The zero-order valence-electron chi connectivity index (χ0n) is 14.9. The highest BCUT2D eigenvalue weighted by atomic mass is 35.5. The molecule has 2 heterocycles. The van der Waals surface area contributed by atoms with Crippen molar-refractivity contribution in [2.24, 2.45) is 0 Å². The van der Waals surface area contributed by atoms with Gasteiger partial charge in [-0.3, -0.25) is 0 Å². The van der Waals surface area contributed by atoms with Crippen LogP contribution in [-0.4, -0.2) is 29.5 Å². The molecule has 0 aliphatic carbocycles. The minimum Gasteiger partial charge on any atom is -0.361 e. The summed E-state index contributed by atoms with van der Waals surface area (Å²) in [5.41, 5.74) is 5.71. The van der Waals surface area contributed by atoms with Gasteiger partial charge in [-0.1, -0.05) is 42.5 Å². The number of fused-ring (bicyclic) bond motifs is 1. The van der Waals surface area contributed by atoms with E-state index in [1.54, 1.807) is 0 Å². The molecule has 1 aromatic heterocycles. The molecule has 0 spiro atoms. The molecule has 25 heavy (non-hydrogen) atoms. The van der Waals surface area contributed by atoms with Crippen LogP contribution in [-0.2, 0) is 6.42 Å². The molecule has 1 N–H and O–H groups in total. The lowest BCUT2D eigenvalue weighted by Crippen LogP contribution is -2.34. The number of piperidine rings is 1. The fourth-order valence-corrected chi connectivity index (χ4v) is 4.07. The number of nitrogens with zero attached hydrogens (tertiary/aromatic N) is 1. The van der Waals surface area contributed by atoms with Crippen LogP contribution >= 0.6 is 12.4 Å². The molecule has 2 nitrogen and oxygen atoms in total. The van der Waals surface area contributed by atoms with E-state index in [0.717, 1.165) is 0 Å². The first-order chi connectivity index (χ1) is 11.8. The summed E-state index contributed by atoms with van der Waals surface area (Å²) in [4.78, 5) is 6.07. The van der Waals surface area contributed by atoms with Crippen molar-refractivity contribution in [1.29, 1.82) is 0 Å². The first-order valence-corrected chi connectivity index (χ1v) is 9.14. The molecule has 1 saturated heterocycles. The summed E-state index contributed by atoms with van der Waals surface area (Å²) in [7, 11) is 0. The standard InChI is InChI=1S/C22H26N2.ClH/c1-17-6-2-3-7-18(17)10-13-24-14-11-19(12-15-24)21-16-23-22-9-5-4-8-20(21)22;/h2-9,16,19,23H,10-15H2,1H3;1H. The number of hydrogen-bond acceptors (Lipinski definition) is 1. The maximum absolute atomic E-state index is 3.44. The first-order valence-electron chi connectivity index (χ1n) is 9.14. The molecule has 0 amide bonds. The van der Waals surface area contributed by atoms with Crippen LogP contribution in [0.4, 0.5) is 0 Å². The number of nitrogens with one attached hydrogen (secondary N) is 1. The molecule has 132 valence electrons. The number of halogens is 1. The minimum atomic E-state index is 0. The number of aryl methyl sites for hydroxylation is 1. The summed E-state index contributed by atoms with van der Waals surface area (Å²) < 4.78 is 0. The van der Waals surface area contributed by atoms with Crippen molar-refractivity contribution in [2.75, 3.05) is 19.6 Å². The highest BCUT2D eigenvalue weighted by Gasteiger charge is 2.22. The average Bonchev–Trinajstić information content (AvgIpc) is 3.06. The number of likely N-dealkylation sites (tertiary alicyclic amines) is 1. The summed E-state index contributed by atoms with van der Waals surface area (Å²) in [6.45, 7) is 5.84. The summed E-state index contributed by atoms with van der Waals surface area (Å²) in [5.74, 6) is 0.705. The van der Waals surface area contributed by atoms with Gasteiger partial charge in [0.1, 0.15) is 0 Å². The third kappa shape index (κ3) is 3.91. The van der Waals surface area contributed by atoms with Crippen molar-refractivity contribution in [3.05, 3.63) is 71.4 Å². The third-order valence-corrected chi connectivity index (χ3v) is 5.61. The van der Waals surface area contributed by atoms with Crippen molar-refractivity contribution >= 4 is 23.3 Å². The van der Waals surface area contributed by atoms with Crippen LogP contribution < -0.4 is 0 Å².